The third kappa shape index (κ3) is 3.24. The molecule has 2 saturated heterocycles. The van der Waals surface area contributed by atoms with Crippen LogP contribution in [0.15, 0.2) is 29.1 Å². The van der Waals surface area contributed by atoms with E-state index in [0.717, 1.165) is 18.7 Å². The minimum atomic E-state index is -3.21. The van der Waals surface area contributed by atoms with Gasteiger partial charge in [0.05, 0.1) is 23.2 Å². The van der Waals surface area contributed by atoms with Crippen molar-refractivity contribution in [2.75, 3.05) is 19.3 Å². The Morgan fingerprint density at radius 3 is 2.50 bits per heavy atom. The number of nitrogens with zero attached hydrogens (tertiary/aromatic N) is 4. The smallest absolute Gasteiger partial charge is 0.261 e. The molecule has 3 aliphatic rings. The van der Waals surface area contributed by atoms with Crippen LogP contribution in [0.3, 0.4) is 0 Å². The minimum Gasteiger partial charge on any atom is -0.334 e. The molecular weight excluding hydrogens is 404 g/mol. The standard InChI is InChI=1S/C21H26N4O4S/c1-30(28,29)23-10-8-14(9-11-23)20(26)25-15-6-7-16(25)13-24-19(12-15)22-18-5-3-2-4-17(18)21(24)27/h2-5,14-16H,6-13H2,1H3/t15-,16-/m1/s1. The van der Waals surface area contributed by atoms with Crippen molar-refractivity contribution in [3.8, 4) is 0 Å². The summed E-state index contributed by atoms with van der Waals surface area (Å²) in [5, 5.41) is 0.616. The number of hydrogen-bond acceptors (Lipinski definition) is 5. The molecule has 1 aromatic heterocycles. The van der Waals surface area contributed by atoms with Gasteiger partial charge in [-0.15, -0.1) is 0 Å². The zero-order chi connectivity index (χ0) is 21.0. The molecule has 0 aliphatic carbocycles. The maximum atomic E-state index is 13.4. The molecule has 2 fully saturated rings. The number of para-hydroxylation sites is 1. The predicted molar refractivity (Wildman–Crippen MR) is 113 cm³/mol. The van der Waals surface area contributed by atoms with E-state index in [2.05, 4.69) is 0 Å². The summed E-state index contributed by atoms with van der Waals surface area (Å²) in [6, 6.07) is 7.45. The second kappa shape index (κ2) is 7.16. The lowest BCUT2D eigenvalue weighted by Crippen LogP contribution is -2.48. The quantitative estimate of drug-likeness (QED) is 0.708. The first-order chi connectivity index (χ1) is 14.3. The lowest BCUT2D eigenvalue weighted by Gasteiger charge is -2.35. The first kappa shape index (κ1) is 19.7. The number of benzene rings is 1. The third-order valence-electron chi connectivity index (χ3n) is 6.90. The molecular formula is C21H26N4O4S. The van der Waals surface area contributed by atoms with Gasteiger partial charge in [0.15, 0.2) is 0 Å². The van der Waals surface area contributed by atoms with Crippen molar-refractivity contribution in [2.24, 2.45) is 5.92 Å². The van der Waals surface area contributed by atoms with Gasteiger partial charge in [-0.2, -0.15) is 0 Å². The molecule has 0 N–H and O–H groups in total. The molecule has 30 heavy (non-hydrogen) atoms. The fourth-order valence-corrected chi connectivity index (χ4v) is 6.20. The van der Waals surface area contributed by atoms with Gasteiger partial charge in [0.25, 0.3) is 5.56 Å². The summed E-state index contributed by atoms with van der Waals surface area (Å²) < 4.78 is 26.8. The number of piperidine rings is 1. The first-order valence-electron chi connectivity index (χ1n) is 10.6. The second-order valence-electron chi connectivity index (χ2n) is 8.73. The molecule has 1 amide bonds. The highest BCUT2D eigenvalue weighted by atomic mass is 32.2. The van der Waals surface area contributed by atoms with E-state index >= 15 is 0 Å². The predicted octanol–water partition coefficient (Wildman–Crippen LogP) is 0.984. The monoisotopic (exact) mass is 430 g/mol. The molecule has 0 spiro atoms. The van der Waals surface area contributed by atoms with Crippen molar-refractivity contribution in [1.82, 2.24) is 18.8 Å². The Bertz CT molecular complexity index is 1170. The lowest BCUT2D eigenvalue weighted by atomic mass is 9.95. The Morgan fingerprint density at radius 2 is 1.77 bits per heavy atom. The van der Waals surface area contributed by atoms with Crippen LogP contribution < -0.4 is 5.56 Å². The van der Waals surface area contributed by atoms with E-state index in [-0.39, 0.29) is 29.5 Å². The molecule has 3 aliphatic heterocycles. The fourth-order valence-electron chi connectivity index (χ4n) is 5.33. The number of rotatable bonds is 2. The van der Waals surface area contributed by atoms with Gasteiger partial charge in [0, 0.05) is 38.0 Å². The van der Waals surface area contributed by atoms with Gasteiger partial charge in [-0.05, 0) is 37.8 Å². The number of aromatic nitrogens is 2. The number of hydrogen-bond donors (Lipinski definition) is 0. The number of fused-ring (bicyclic) bond motifs is 4. The highest BCUT2D eigenvalue weighted by Gasteiger charge is 2.43. The molecule has 160 valence electrons. The Morgan fingerprint density at radius 1 is 1.07 bits per heavy atom. The Balaban J connectivity index is 1.41. The molecule has 8 nitrogen and oxygen atoms in total. The molecule has 0 unspecified atom stereocenters. The maximum Gasteiger partial charge on any atom is 0.261 e. The fraction of sp³-hybridized carbons (Fsp3) is 0.571. The van der Waals surface area contributed by atoms with Crippen LogP contribution in [-0.2, 0) is 27.8 Å². The van der Waals surface area contributed by atoms with Crippen molar-refractivity contribution in [2.45, 2.75) is 50.7 Å². The van der Waals surface area contributed by atoms with Crippen LogP contribution >= 0.6 is 0 Å². The van der Waals surface area contributed by atoms with Crippen LogP contribution in [-0.4, -0.2) is 64.5 Å². The van der Waals surface area contributed by atoms with Crippen molar-refractivity contribution < 1.29 is 13.2 Å². The first-order valence-corrected chi connectivity index (χ1v) is 12.4. The van der Waals surface area contributed by atoms with Crippen LogP contribution in [0.25, 0.3) is 10.9 Å². The highest BCUT2D eigenvalue weighted by molar-refractivity contribution is 7.88. The van der Waals surface area contributed by atoms with E-state index in [1.54, 1.807) is 10.6 Å². The Hall–Kier alpha value is -2.26. The second-order valence-corrected chi connectivity index (χ2v) is 10.7. The summed E-state index contributed by atoms with van der Waals surface area (Å²) >= 11 is 0. The van der Waals surface area contributed by atoms with Gasteiger partial charge < -0.3 is 4.90 Å². The average Bonchev–Trinajstić information content (AvgIpc) is 3.03. The zero-order valence-electron chi connectivity index (χ0n) is 17.0. The van der Waals surface area contributed by atoms with Gasteiger partial charge in [0.2, 0.25) is 15.9 Å². The number of carbonyl (C=O) groups is 1. The van der Waals surface area contributed by atoms with Gasteiger partial charge in [-0.1, -0.05) is 12.1 Å². The highest BCUT2D eigenvalue weighted by Crippen LogP contribution is 2.34. The molecule has 9 heteroatoms. The minimum absolute atomic E-state index is 0.00245. The molecule has 5 rings (SSSR count). The maximum absolute atomic E-state index is 13.4. The van der Waals surface area contributed by atoms with E-state index in [9.17, 15) is 18.0 Å². The molecule has 4 heterocycles. The van der Waals surface area contributed by atoms with Gasteiger partial charge >= 0.3 is 0 Å². The van der Waals surface area contributed by atoms with Crippen molar-refractivity contribution in [1.29, 1.82) is 0 Å². The van der Waals surface area contributed by atoms with E-state index in [4.69, 9.17) is 4.98 Å². The average molecular weight is 431 g/mol. The number of amides is 1. The van der Waals surface area contributed by atoms with Crippen LogP contribution in [0.2, 0.25) is 0 Å². The Kier molecular flexibility index (Phi) is 4.70. The zero-order valence-corrected chi connectivity index (χ0v) is 17.8. The number of carbonyl (C=O) groups excluding carboxylic acids is 1. The van der Waals surface area contributed by atoms with Crippen LogP contribution in [0.1, 0.15) is 31.5 Å². The van der Waals surface area contributed by atoms with E-state index in [1.165, 1.54) is 10.6 Å². The van der Waals surface area contributed by atoms with Crippen LogP contribution in [0, 0.1) is 5.92 Å². The van der Waals surface area contributed by atoms with E-state index < -0.39 is 10.0 Å². The van der Waals surface area contributed by atoms with Gasteiger partial charge in [0.1, 0.15) is 5.82 Å². The molecule has 0 saturated carbocycles. The van der Waals surface area contributed by atoms with E-state index in [0.29, 0.717) is 49.8 Å². The van der Waals surface area contributed by atoms with Crippen molar-refractivity contribution >= 4 is 26.8 Å². The molecule has 0 radical (unpaired) electrons. The van der Waals surface area contributed by atoms with Crippen molar-refractivity contribution in [3.05, 3.63) is 40.4 Å². The SMILES string of the molecule is CS(=O)(=O)N1CCC(C(=O)N2[C@@H]3CC[C@@H]2Cn2c(nc4ccccc4c2=O)C3)CC1. The largest absolute Gasteiger partial charge is 0.334 e. The van der Waals surface area contributed by atoms with E-state index in [1.807, 2.05) is 23.1 Å². The summed E-state index contributed by atoms with van der Waals surface area (Å²) in [4.78, 5) is 33.3. The molecule has 1 aromatic carbocycles. The van der Waals surface area contributed by atoms with Gasteiger partial charge in [-0.25, -0.2) is 17.7 Å². The number of sulfonamides is 1. The summed E-state index contributed by atoms with van der Waals surface area (Å²) in [5.74, 6) is 0.715. The Labute approximate surface area is 175 Å². The molecule has 2 aromatic rings. The lowest BCUT2D eigenvalue weighted by molar-refractivity contribution is -0.139. The molecule has 2 bridgehead atoms. The summed E-state index contributed by atoms with van der Waals surface area (Å²) in [5.41, 5.74) is 0.676. The van der Waals surface area contributed by atoms with Crippen LogP contribution in [0.5, 0.6) is 0 Å². The van der Waals surface area contributed by atoms with Gasteiger partial charge in [-0.3, -0.25) is 14.2 Å². The normalized spacial score (nSPS) is 25.3. The summed E-state index contributed by atoms with van der Waals surface area (Å²) in [7, 11) is -3.21. The van der Waals surface area contributed by atoms with Crippen molar-refractivity contribution in [3.63, 3.8) is 0 Å². The summed E-state index contributed by atoms with van der Waals surface area (Å²) in [6.07, 6.45) is 4.72. The third-order valence-corrected chi connectivity index (χ3v) is 8.20. The molecule has 2 atom stereocenters. The van der Waals surface area contributed by atoms with Crippen LogP contribution in [0.4, 0.5) is 0 Å². The topological polar surface area (TPSA) is 92.6 Å². The summed E-state index contributed by atoms with van der Waals surface area (Å²) in [6.45, 7) is 1.27.